The summed E-state index contributed by atoms with van der Waals surface area (Å²) in [6.07, 6.45) is 4.99. The Labute approximate surface area is 95.2 Å². The Morgan fingerprint density at radius 1 is 1.40 bits per heavy atom. The number of hydrogen-bond donors (Lipinski definition) is 1. The quantitative estimate of drug-likeness (QED) is 0.776. The predicted octanol–water partition coefficient (Wildman–Crippen LogP) is 2.62. The first-order valence-electron chi connectivity index (χ1n) is 6.47. The van der Waals surface area contributed by atoms with Crippen molar-refractivity contribution < 1.29 is 0 Å². The molecule has 2 heteroatoms. The topological polar surface area (TPSA) is 29.3 Å². The number of nitrogens with zero attached hydrogens (tertiary/aromatic N) is 1. The van der Waals surface area contributed by atoms with Gasteiger partial charge in [-0.15, -0.1) is 0 Å². The van der Waals surface area contributed by atoms with Crippen LogP contribution >= 0.6 is 0 Å². The Bertz CT molecular complexity index is 189. The third-order valence-electron chi connectivity index (χ3n) is 3.66. The number of piperidine rings is 1. The lowest BCUT2D eigenvalue weighted by Crippen LogP contribution is -2.52. The average Bonchev–Trinajstić information content (AvgIpc) is 2.09. The first kappa shape index (κ1) is 13.0. The highest BCUT2D eigenvalue weighted by Gasteiger charge is 2.28. The molecule has 0 amide bonds. The van der Waals surface area contributed by atoms with Gasteiger partial charge in [0.25, 0.3) is 0 Å². The van der Waals surface area contributed by atoms with E-state index in [0.29, 0.717) is 6.04 Å². The van der Waals surface area contributed by atoms with Crippen LogP contribution in [0.1, 0.15) is 53.4 Å². The van der Waals surface area contributed by atoms with Crippen molar-refractivity contribution in [1.82, 2.24) is 4.90 Å². The van der Waals surface area contributed by atoms with Crippen molar-refractivity contribution in [3.8, 4) is 0 Å². The largest absolute Gasteiger partial charge is 0.324 e. The van der Waals surface area contributed by atoms with Gasteiger partial charge in [-0.25, -0.2) is 0 Å². The predicted molar refractivity (Wildman–Crippen MR) is 66.9 cm³/mol. The summed E-state index contributed by atoms with van der Waals surface area (Å²) < 4.78 is 0. The van der Waals surface area contributed by atoms with E-state index in [1.165, 1.54) is 25.8 Å². The molecule has 1 aliphatic heterocycles. The van der Waals surface area contributed by atoms with Gasteiger partial charge >= 0.3 is 0 Å². The van der Waals surface area contributed by atoms with Crippen LogP contribution in [0.5, 0.6) is 0 Å². The normalized spacial score (nSPS) is 32.6. The summed E-state index contributed by atoms with van der Waals surface area (Å²) in [4.78, 5) is 2.58. The van der Waals surface area contributed by atoms with Crippen LogP contribution in [0.25, 0.3) is 0 Å². The van der Waals surface area contributed by atoms with Crippen molar-refractivity contribution >= 4 is 0 Å². The lowest BCUT2D eigenvalue weighted by molar-refractivity contribution is 0.101. The SMILES string of the molecule is CCCC(C)(N)CN1CCC(C)CC1C. The molecule has 2 nitrogen and oxygen atoms in total. The van der Waals surface area contributed by atoms with Gasteiger partial charge in [0.15, 0.2) is 0 Å². The van der Waals surface area contributed by atoms with E-state index >= 15 is 0 Å². The van der Waals surface area contributed by atoms with E-state index < -0.39 is 0 Å². The zero-order chi connectivity index (χ0) is 11.5. The van der Waals surface area contributed by atoms with Gasteiger partial charge in [-0.05, 0) is 45.6 Å². The summed E-state index contributed by atoms with van der Waals surface area (Å²) >= 11 is 0. The Kier molecular flexibility index (Phi) is 4.60. The standard InChI is InChI=1S/C13H28N2/c1-5-7-13(4,14)10-15-8-6-11(2)9-12(15)3/h11-12H,5-10,14H2,1-4H3. The van der Waals surface area contributed by atoms with Gasteiger partial charge in [-0.3, -0.25) is 4.90 Å². The summed E-state index contributed by atoms with van der Waals surface area (Å²) in [5, 5.41) is 0. The zero-order valence-corrected chi connectivity index (χ0v) is 10.9. The average molecular weight is 212 g/mol. The van der Waals surface area contributed by atoms with Gasteiger partial charge in [0, 0.05) is 18.1 Å². The molecule has 0 aliphatic carbocycles. The Hall–Kier alpha value is -0.0800. The maximum Gasteiger partial charge on any atom is 0.0254 e. The molecule has 15 heavy (non-hydrogen) atoms. The molecule has 3 atom stereocenters. The van der Waals surface area contributed by atoms with Crippen LogP contribution in [-0.2, 0) is 0 Å². The lowest BCUT2D eigenvalue weighted by Gasteiger charge is -2.41. The molecule has 0 spiro atoms. The number of hydrogen-bond acceptors (Lipinski definition) is 2. The molecule has 0 bridgehead atoms. The summed E-state index contributed by atoms with van der Waals surface area (Å²) in [5.74, 6) is 0.895. The van der Waals surface area contributed by atoms with Crippen molar-refractivity contribution in [2.75, 3.05) is 13.1 Å². The van der Waals surface area contributed by atoms with E-state index in [1.54, 1.807) is 0 Å². The Balaban J connectivity index is 2.43. The van der Waals surface area contributed by atoms with Crippen LogP contribution in [0.3, 0.4) is 0 Å². The third-order valence-corrected chi connectivity index (χ3v) is 3.66. The molecule has 2 N–H and O–H groups in total. The first-order chi connectivity index (χ1) is 6.94. The minimum Gasteiger partial charge on any atom is -0.324 e. The third kappa shape index (κ3) is 4.12. The minimum atomic E-state index is 0.00356. The van der Waals surface area contributed by atoms with Crippen LogP contribution in [0, 0.1) is 5.92 Å². The highest BCUT2D eigenvalue weighted by atomic mass is 15.2. The molecule has 1 fully saturated rings. The highest BCUT2D eigenvalue weighted by molar-refractivity contribution is 4.86. The molecular formula is C13H28N2. The number of nitrogens with two attached hydrogens (primary N) is 1. The van der Waals surface area contributed by atoms with Gasteiger partial charge in [0.2, 0.25) is 0 Å². The van der Waals surface area contributed by atoms with Gasteiger partial charge in [0.05, 0.1) is 0 Å². The summed E-state index contributed by atoms with van der Waals surface area (Å²) in [5.41, 5.74) is 6.32. The van der Waals surface area contributed by atoms with Crippen LogP contribution in [0.4, 0.5) is 0 Å². The van der Waals surface area contributed by atoms with Crippen LogP contribution in [-0.4, -0.2) is 29.6 Å². The molecule has 0 aromatic rings. The minimum absolute atomic E-state index is 0.00356. The van der Waals surface area contributed by atoms with Crippen LogP contribution < -0.4 is 5.73 Å². The van der Waals surface area contributed by atoms with E-state index in [0.717, 1.165) is 18.9 Å². The second-order valence-electron chi connectivity index (χ2n) is 5.85. The highest BCUT2D eigenvalue weighted by Crippen LogP contribution is 2.24. The fourth-order valence-electron chi connectivity index (χ4n) is 2.80. The molecule has 3 unspecified atom stereocenters. The number of likely N-dealkylation sites (tertiary alicyclic amines) is 1. The van der Waals surface area contributed by atoms with E-state index in [2.05, 4.69) is 32.6 Å². The smallest absolute Gasteiger partial charge is 0.0254 e. The Morgan fingerprint density at radius 2 is 2.07 bits per heavy atom. The van der Waals surface area contributed by atoms with E-state index in [1.807, 2.05) is 0 Å². The molecule has 0 aromatic carbocycles. The lowest BCUT2D eigenvalue weighted by atomic mass is 9.90. The van der Waals surface area contributed by atoms with Gasteiger partial charge < -0.3 is 5.73 Å². The van der Waals surface area contributed by atoms with Crippen molar-refractivity contribution in [2.45, 2.75) is 65.0 Å². The Morgan fingerprint density at radius 3 is 2.60 bits per heavy atom. The molecule has 1 saturated heterocycles. The second kappa shape index (κ2) is 5.31. The summed E-state index contributed by atoms with van der Waals surface area (Å²) in [6, 6.07) is 0.716. The molecule has 1 rings (SSSR count). The zero-order valence-electron chi connectivity index (χ0n) is 10.9. The molecule has 1 heterocycles. The maximum absolute atomic E-state index is 6.31. The molecular weight excluding hydrogens is 184 g/mol. The summed E-state index contributed by atoms with van der Waals surface area (Å²) in [7, 11) is 0. The first-order valence-corrected chi connectivity index (χ1v) is 6.47. The van der Waals surface area contributed by atoms with E-state index in [9.17, 15) is 0 Å². The van der Waals surface area contributed by atoms with Crippen LogP contribution in [0.2, 0.25) is 0 Å². The van der Waals surface area contributed by atoms with E-state index in [4.69, 9.17) is 5.73 Å². The second-order valence-corrected chi connectivity index (χ2v) is 5.85. The van der Waals surface area contributed by atoms with Crippen LogP contribution in [0.15, 0.2) is 0 Å². The fraction of sp³-hybridized carbons (Fsp3) is 1.00. The van der Waals surface area contributed by atoms with Crippen molar-refractivity contribution in [3.63, 3.8) is 0 Å². The monoisotopic (exact) mass is 212 g/mol. The van der Waals surface area contributed by atoms with Gasteiger partial charge in [-0.2, -0.15) is 0 Å². The maximum atomic E-state index is 6.31. The molecule has 1 aliphatic rings. The number of rotatable bonds is 4. The van der Waals surface area contributed by atoms with Gasteiger partial charge in [0.1, 0.15) is 0 Å². The molecule has 0 saturated carbocycles. The van der Waals surface area contributed by atoms with Crippen molar-refractivity contribution in [1.29, 1.82) is 0 Å². The van der Waals surface area contributed by atoms with E-state index in [-0.39, 0.29) is 5.54 Å². The molecule has 0 radical (unpaired) electrons. The molecule has 90 valence electrons. The fourth-order valence-corrected chi connectivity index (χ4v) is 2.80. The van der Waals surface area contributed by atoms with Gasteiger partial charge in [-0.1, -0.05) is 20.3 Å². The summed E-state index contributed by atoms with van der Waals surface area (Å²) in [6.45, 7) is 11.4. The van der Waals surface area contributed by atoms with Crippen molar-refractivity contribution in [3.05, 3.63) is 0 Å². The van der Waals surface area contributed by atoms with Crippen molar-refractivity contribution in [2.24, 2.45) is 11.7 Å². The molecule has 0 aromatic heterocycles.